The highest BCUT2D eigenvalue weighted by atomic mass is 127. The summed E-state index contributed by atoms with van der Waals surface area (Å²) < 4.78 is 0. The molecule has 88 valence electrons. The maximum Gasteiger partial charge on any atom is 0.00995 e. The number of nitrogens with two attached hydrogens (primary N) is 1. The molecule has 1 unspecified atom stereocenters. The predicted octanol–water partition coefficient (Wildman–Crippen LogP) is 4.19. The molecular formula is C12H28IN. The largest absolute Gasteiger partial charge is 0.326 e. The van der Waals surface area contributed by atoms with Crippen molar-refractivity contribution in [1.82, 2.24) is 0 Å². The summed E-state index contributed by atoms with van der Waals surface area (Å²) in [6, 6.07) is 0. The lowest BCUT2D eigenvalue weighted by molar-refractivity contribution is 0.349. The third-order valence-corrected chi connectivity index (χ3v) is 2.35. The Hall–Kier alpha value is 0.690. The zero-order valence-corrected chi connectivity index (χ0v) is 12.8. The third-order valence-electron chi connectivity index (χ3n) is 2.35. The van der Waals surface area contributed by atoms with Crippen LogP contribution >= 0.6 is 24.0 Å². The van der Waals surface area contributed by atoms with Gasteiger partial charge in [-0.1, -0.05) is 40.0 Å². The number of halogens is 1. The molecule has 0 rings (SSSR count). The van der Waals surface area contributed by atoms with E-state index in [4.69, 9.17) is 5.73 Å². The van der Waals surface area contributed by atoms with Gasteiger partial charge in [-0.3, -0.25) is 0 Å². The van der Waals surface area contributed by atoms with Gasteiger partial charge in [0, 0.05) is 5.54 Å². The maximum atomic E-state index is 5.97. The molecule has 0 aliphatic rings. The first kappa shape index (κ1) is 17.1. The molecule has 1 nitrogen and oxygen atoms in total. The molecule has 0 spiro atoms. The second-order valence-electron chi connectivity index (χ2n) is 5.62. The van der Waals surface area contributed by atoms with Crippen LogP contribution in [0.3, 0.4) is 0 Å². The van der Waals surface area contributed by atoms with E-state index in [1.807, 2.05) is 0 Å². The standard InChI is InChI=1S/C12H27N.HI/c1-10(2)7-6-8-11(3)9-12(4,5)13;/h10-11H,6-9,13H2,1-5H3;1H. The molecule has 14 heavy (non-hydrogen) atoms. The van der Waals surface area contributed by atoms with Crippen LogP contribution < -0.4 is 5.73 Å². The van der Waals surface area contributed by atoms with E-state index < -0.39 is 0 Å². The molecular weight excluding hydrogens is 285 g/mol. The molecule has 0 aromatic rings. The van der Waals surface area contributed by atoms with Gasteiger partial charge in [-0.25, -0.2) is 0 Å². The smallest absolute Gasteiger partial charge is 0.00995 e. The van der Waals surface area contributed by atoms with Gasteiger partial charge in [-0.2, -0.15) is 0 Å². The zero-order valence-electron chi connectivity index (χ0n) is 10.5. The van der Waals surface area contributed by atoms with Crippen LogP contribution in [0.2, 0.25) is 0 Å². The highest BCUT2D eigenvalue weighted by molar-refractivity contribution is 14.0. The highest BCUT2D eigenvalue weighted by Gasteiger charge is 2.15. The lowest BCUT2D eigenvalue weighted by Crippen LogP contribution is -2.33. The molecule has 0 aliphatic heterocycles. The van der Waals surface area contributed by atoms with E-state index in [2.05, 4.69) is 34.6 Å². The first-order valence-corrected chi connectivity index (χ1v) is 5.60. The molecule has 2 N–H and O–H groups in total. The van der Waals surface area contributed by atoms with Crippen molar-refractivity contribution in [3.05, 3.63) is 0 Å². The number of hydrogen-bond donors (Lipinski definition) is 1. The fraction of sp³-hybridized carbons (Fsp3) is 1.00. The summed E-state index contributed by atoms with van der Waals surface area (Å²) in [6.07, 6.45) is 5.19. The quantitative estimate of drug-likeness (QED) is 0.731. The molecule has 1 atom stereocenters. The minimum atomic E-state index is 0. The van der Waals surface area contributed by atoms with Crippen molar-refractivity contribution < 1.29 is 0 Å². The van der Waals surface area contributed by atoms with Gasteiger partial charge in [-0.15, -0.1) is 24.0 Å². The van der Waals surface area contributed by atoms with Crippen molar-refractivity contribution in [2.45, 2.75) is 65.8 Å². The number of hydrogen-bond acceptors (Lipinski definition) is 1. The molecule has 0 aliphatic carbocycles. The van der Waals surface area contributed by atoms with Crippen LogP contribution in [0, 0.1) is 11.8 Å². The summed E-state index contributed by atoms with van der Waals surface area (Å²) in [7, 11) is 0. The van der Waals surface area contributed by atoms with Crippen LogP contribution in [0.15, 0.2) is 0 Å². The summed E-state index contributed by atoms with van der Waals surface area (Å²) in [6.45, 7) is 11.1. The van der Waals surface area contributed by atoms with Crippen LogP contribution in [0.25, 0.3) is 0 Å². The Bertz CT molecular complexity index is 127. The molecule has 0 saturated heterocycles. The van der Waals surface area contributed by atoms with Crippen molar-refractivity contribution in [3.8, 4) is 0 Å². The van der Waals surface area contributed by atoms with Gasteiger partial charge < -0.3 is 5.73 Å². The molecule has 0 heterocycles. The Morgan fingerprint density at radius 2 is 1.57 bits per heavy atom. The Morgan fingerprint density at radius 1 is 1.07 bits per heavy atom. The Labute approximate surface area is 107 Å². The molecule has 0 fully saturated rings. The minimum absolute atomic E-state index is 0. The lowest BCUT2D eigenvalue weighted by atomic mass is 9.89. The first-order valence-electron chi connectivity index (χ1n) is 5.60. The van der Waals surface area contributed by atoms with Crippen molar-refractivity contribution in [1.29, 1.82) is 0 Å². The van der Waals surface area contributed by atoms with Gasteiger partial charge in [0.1, 0.15) is 0 Å². The Kier molecular flexibility index (Phi) is 9.66. The summed E-state index contributed by atoms with van der Waals surface area (Å²) in [5.41, 5.74) is 5.98. The molecule has 0 aromatic carbocycles. The monoisotopic (exact) mass is 313 g/mol. The summed E-state index contributed by atoms with van der Waals surface area (Å²) in [5, 5.41) is 0. The van der Waals surface area contributed by atoms with E-state index in [1.165, 1.54) is 19.3 Å². The predicted molar refractivity (Wildman–Crippen MR) is 76.2 cm³/mol. The maximum absolute atomic E-state index is 5.97. The van der Waals surface area contributed by atoms with Crippen molar-refractivity contribution in [3.63, 3.8) is 0 Å². The zero-order chi connectivity index (χ0) is 10.5. The fourth-order valence-electron chi connectivity index (χ4n) is 1.87. The normalized spacial score (nSPS) is 13.9. The average molecular weight is 313 g/mol. The summed E-state index contributed by atoms with van der Waals surface area (Å²) >= 11 is 0. The average Bonchev–Trinajstić information content (AvgIpc) is 1.81. The topological polar surface area (TPSA) is 26.0 Å². The van der Waals surface area contributed by atoms with Gasteiger partial charge in [0.25, 0.3) is 0 Å². The van der Waals surface area contributed by atoms with Gasteiger partial charge in [-0.05, 0) is 32.1 Å². The summed E-state index contributed by atoms with van der Waals surface area (Å²) in [5.74, 6) is 1.62. The van der Waals surface area contributed by atoms with Gasteiger partial charge in [0.2, 0.25) is 0 Å². The molecule has 0 amide bonds. The summed E-state index contributed by atoms with van der Waals surface area (Å²) in [4.78, 5) is 0. The minimum Gasteiger partial charge on any atom is -0.326 e. The van der Waals surface area contributed by atoms with Crippen LogP contribution in [0.1, 0.15) is 60.3 Å². The van der Waals surface area contributed by atoms with E-state index in [0.29, 0.717) is 0 Å². The molecule has 0 saturated carbocycles. The highest BCUT2D eigenvalue weighted by Crippen LogP contribution is 2.19. The van der Waals surface area contributed by atoms with Crippen molar-refractivity contribution in [2.24, 2.45) is 17.6 Å². The van der Waals surface area contributed by atoms with Crippen molar-refractivity contribution >= 4 is 24.0 Å². The second kappa shape index (κ2) is 7.91. The van der Waals surface area contributed by atoms with Gasteiger partial charge in [0.15, 0.2) is 0 Å². The van der Waals surface area contributed by atoms with Crippen LogP contribution in [0.5, 0.6) is 0 Å². The van der Waals surface area contributed by atoms with Crippen LogP contribution in [0.4, 0.5) is 0 Å². The van der Waals surface area contributed by atoms with Gasteiger partial charge >= 0.3 is 0 Å². The van der Waals surface area contributed by atoms with Crippen LogP contribution in [-0.4, -0.2) is 5.54 Å². The van der Waals surface area contributed by atoms with Crippen molar-refractivity contribution in [2.75, 3.05) is 0 Å². The fourth-order valence-corrected chi connectivity index (χ4v) is 1.87. The third kappa shape index (κ3) is 12.7. The van der Waals surface area contributed by atoms with E-state index >= 15 is 0 Å². The van der Waals surface area contributed by atoms with E-state index in [-0.39, 0.29) is 29.5 Å². The Balaban J connectivity index is 0. The SMILES string of the molecule is CC(C)CCCC(C)CC(C)(C)N.I. The van der Waals surface area contributed by atoms with E-state index in [9.17, 15) is 0 Å². The molecule has 0 radical (unpaired) electrons. The molecule has 0 aromatic heterocycles. The molecule has 0 bridgehead atoms. The second-order valence-corrected chi connectivity index (χ2v) is 5.62. The van der Waals surface area contributed by atoms with Crippen LogP contribution in [-0.2, 0) is 0 Å². The van der Waals surface area contributed by atoms with E-state index in [1.54, 1.807) is 0 Å². The van der Waals surface area contributed by atoms with E-state index in [0.717, 1.165) is 18.3 Å². The Morgan fingerprint density at radius 3 is 1.93 bits per heavy atom. The first-order chi connectivity index (χ1) is 5.81. The molecule has 2 heteroatoms. The lowest BCUT2D eigenvalue weighted by Gasteiger charge is -2.23. The number of rotatable bonds is 6. The van der Waals surface area contributed by atoms with Gasteiger partial charge in [0.05, 0.1) is 0 Å².